The fourth-order valence-electron chi connectivity index (χ4n) is 5.77. The summed E-state index contributed by atoms with van der Waals surface area (Å²) < 4.78 is 4.04. The van der Waals surface area contributed by atoms with Gasteiger partial charge in [-0.2, -0.15) is 0 Å². The summed E-state index contributed by atoms with van der Waals surface area (Å²) in [7, 11) is 1.96. The maximum absolute atomic E-state index is 13.0. The van der Waals surface area contributed by atoms with Gasteiger partial charge in [-0.15, -0.1) is 0 Å². The second-order valence-electron chi connectivity index (χ2n) is 8.34. The van der Waals surface area contributed by atoms with Gasteiger partial charge in [-0.3, -0.25) is 4.99 Å². The predicted molar refractivity (Wildman–Crippen MR) is 88.0 cm³/mol. The van der Waals surface area contributed by atoms with Gasteiger partial charge in [-0.05, 0) is 62.7 Å². The molecule has 0 atom stereocenters. The van der Waals surface area contributed by atoms with Crippen LogP contribution in [0.5, 0.6) is 0 Å². The fraction of sp³-hybridized carbons (Fsp3) is 0.789. The molecular formula is C19H29N3O. The summed E-state index contributed by atoms with van der Waals surface area (Å²) >= 11 is 0. The molecule has 0 amide bonds. The number of hydrogen-bond donors (Lipinski definition) is 0. The minimum absolute atomic E-state index is 0.00977. The summed E-state index contributed by atoms with van der Waals surface area (Å²) in [6, 6.07) is 0. The van der Waals surface area contributed by atoms with Crippen molar-refractivity contribution in [1.29, 1.82) is 0 Å². The summed E-state index contributed by atoms with van der Waals surface area (Å²) in [5, 5.41) is 13.0. The number of nitrogens with zero attached hydrogens (tertiary/aromatic N) is 3. The highest BCUT2D eigenvalue weighted by Gasteiger charge is 2.51. The fourth-order valence-corrected chi connectivity index (χ4v) is 5.77. The quantitative estimate of drug-likeness (QED) is 0.467. The second kappa shape index (κ2) is 5.64. The van der Waals surface area contributed by atoms with Crippen LogP contribution in [0.25, 0.3) is 0 Å². The Morgan fingerprint density at radius 3 is 2.43 bits per heavy atom. The average Bonchev–Trinajstić information content (AvgIpc) is 2.84. The molecule has 4 aliphatic carbocycles. The zero-order chi connectivity index (χ0) is 16.0. The topological polar surface area (TPSA) is 44.2 Å². The van der Waals surface area contributed by atoms with Gasteiger partial charge >= 0.3 is 0 Å². The summed E-state index contributed by atoms with van der Waals surface area (Å²) in [6.07, 6.45) is 13.9. The highest BCUT2D eigenvalue weighted by molar-refractivity contribution is 5.85. The standard InChI is InChI=1S/C19H29N3O/c1-3-4-5-22-7-6-21(2)18(22)17(23)20-19-11-14-8-15(12-19)10-16(9-14)13-19/h6-7,14-16H,3-5,8-13H2,1-2H3. The van der Waals surface area contributed by atoms with E-state index in [1.807, 2.05) is 24.0 Å². The molecule has 5 rings (SSSR count). The highest BCUT2D eigenvalue weighted by atomic mass is 16.3. The van der Waals surface area contributed by atoms with Crippen LogP contribution in [-0.2, 0) is 13.6 Å². The van der Waals surface area contributed by atoms with Crippen molar-refractivity contribution in [1.82, 2.24) is 4.57 Å². The van der Waals surface area contributed by atoms with Crippen LogP contribution in [-0.4, -0.2) is 16.0 Å². The van der Waals surface area contributed by atoms with Crippen LogP contribution in [0.4, 0.5) is 0 Å². The first-order valence-corrected chi connectivity index (χ1v) is 9.40. The third-order valence-electron chi connectivity index (χ3n) is 6.36. The predicted octanol–water partition coefficient (Wildman–Crippen LogP) is 2.19. The Morgan fingerprint density at radius 2 is 1.87 bits per heavy atom. The second-order valence-corrected chi connectivity index (χ2v) is 8.34. The molecule has 23 heavy (non-hydrogen) atoms. The zero-order valence-electron chi connectivity index (χ0n) is 14.5. The molecule has 4 fully saturated rings. The largest absolute Gasteiger partial charge is 0.853 e. The van der Waals surface area contributed by atoms with Gasteiger partial charge in [0.2, 0.25) is 0 Å². The molecule has 4 heteroatoms. The minimum Gasteiger partial charge on any atom is -0.853 e. The Hall–Kier alpha value is -1.32. The minimum atomic E-state index is -0.0291. The molecule has 0 radical (unpaired) electrons. The number of aromatic nitrogens is 2. The van der Waals surface area contributed by atoms with Gasteiger partial charge in [0.05, 0.1) is 25.0 Å². The van der Waals surface area contributed by atoms with Crippen LogP contribution in [0.2, 0.25) is 0 Å². The summed E-state index contributed by atoms with van der Waals surface area (Å²) in [4.78, 5) is 4.86. The third-order valence-corrected chi connectivity index (χ3v) is 6.36. The smallest absolute Gasteiger partial charge is 0.291 e. The Balaban J connectivity index is 1.63. The van der Waals surface area contributed by atoms with Gasteiger partial charge in [0.1, 0.15) is 12.4 Å². The van der Waals surface area contributed by atoms with E-state index in [1.165, 1.54) is 19.3 Å². The van der Waals surface area contributed by atoms with Crippen LogP contribution in [0.1, 0.15) is 64.1 Å². The molecule has 0 aliphatic heterocycles. The highest BCUT2D eigenvalue weighted by Crippen LogP contribution is 2.57. The van der Waals surface area contributed by atoms with E-state index >= 15 is 0 Å². The lowest BCUT2D eigenvalue weighted by atomic mass is 9.53. The number of imidazole rings is 1. The normalized spacial score (nSPS) is 35.9. The van der Waals surface area contributed by atoms with Crippen molar-refractivity contribution in [2.45, 2.75) is 70.4 Å². The molecule has 0 N–H and O–H groups in total. The third kappa shape index (κ3) is 2.70. The number of hydrogen-bond acceptors (Lipinski definition) is 2. The molecule has 0 aromatic carbocycles. The number of aliphatic imine (C=N–C) groups is 1. The van der Waals surface area contributed by atoms with Crippen LogP contribution in [0, 0.1) is 17.8 Å². The van der Waals surface area contributed by atoms with Crippen molar-refractivity contribution in [3.63, 3.8) is 0 Å². The van der Waals surface area contributed by atoms with Crippen molar-refractivity contribution in [2.75, 3.05) is 0 Å². The van der Waals surface area contributed by atoms with E-state index in [0.717, 1.165) is 62.2 Å². The van der Waals surface area contributed by atoms with Crippen molar-refractivity contribution in [3.8, 4) is 0 Å². The molecular weight excluding hydrogens is 286 g/mol. The number of unbranched alkanes of at least 4 members (excludes halogenated alkanes) is 1. The lowest BCUT2D eigenvalue weighted by molar-refractivity contribution is -0.674. The lowest BCUT2D eigenvalue weighted by Gasteiger charge is -2.55. The van der Waals surface area contributed by atoms with E-state index in [2.05, 4.69) is 11.5 Å². The lowest BCUT2D eigenvalue weighted by Crippen LogP contribution is -2.51. The van der Waals surface area contributed by atoms with Crippen molar-refractivity contribution in [3.05, 3.63) is 18.2 Å². The van der Waals surface area contributed by atoms with E-state index < -0.39 is 0 Å². The maximum atomic E-state index is 13.0. The first-order valence-electron chi connectivity index (χ1n) is 9.40. The molecule has 4 bridgehead atoms. The Bertz CT molecular complexity index is 581. The van der Waals surface area contributed by atoms with Gasteiger partial charge in [-0.25, -0.2) is 9.13 Å². The van der Waals surface area contributed by atoms with Gasteiger partial charge in [-0.1, -0.05) is 13.3 Å². The van der Waals surface area contributed by atoms with Crippen molar-refractivity contribution < 1.29 is 9.67 Å². The van der Waals surface area contributed by atoms with Crippen LogP contribution in [0.3, 0.4) is 0 Å². The molecule has 126 valence electrons. The molecule has 0 saturated heterocycles. The van der Waals surface area contributed by atoms with E-state index in [0.29, 0.717) is 0 Å². The Morgan fingerprint density at radius 1 is 1.26 bits per heavy atom. The van der Waals surface area contributed by atoms with Crippen LogP contribution >= 0.6 is 0 Å². The van der Waals surface area contributed by atoms with E-state index in [4.69, 9.17) is 4.99 Å². The maximum Gasteiger partial charge on any atom is 0.291 e. The summed E-state index contributed by atoms with van der Waals surface area (Å²) in [5.41, 5.74) is -0.0291. The molecule has 1 heterocycles. The van der Waals surface area contributed by atoms with Crippen LogP contribution < -0.4 is 9.67 Å². The average molecular weight is 315 g/mol. The molecule has 1 aromatic rings. The Kier molecular flexibility index (Phi) is 3.73. The number of rotatable bonds is 5. The summed E-state index contributed by atoms with van der Waals surface area (Å²) in [6.45, 7) is 3.10. The van der Waals surface area contributed by atoms with E-state index in [9.17, 15) is 5.11 Å². The van der Waals surface area contributed by atoms with E-state index in [-0.39, 0.29) is 11.4 Å². The van der Waals surface area contributed by atoms with Gasteiger partial charge < -0.3 is 5.11 Å². The SMILES string of the molecule is CCCCn1cc[n+](C)c1/C([O-])=N/C12CC3CC(CC(C3)C1)C2. The van der Waals surface area contributed by atoms with Crippen LogP contribution in [0.15, 0.2) is 17.4 Å². The number of aryl methyl sites for hydroxylation is 2. The first-order chi connectivity index (χ1) is 11.1. The molecule has 0 unspecified atom stereocenters. The summed E-state index contributed by atoms with van der Waals surface area (Å²) in [5.74, 6) is 3.26. The van der Waals surface area contributed by atoms with Crippen molar-refractivity contribution in [2.24, 2.45) is 29.8 Å². The van der Waals surface area contributed by atoms with Gasteiger partial charge in [0.15, 0.2) is 0 Å². The first kappa shape index (κ1) is 15.2. The van der Waals surface area contributed by atoms with E-state index in [1.54, 1.807) is 0 Å². The van der Waals surface area contributed by atoms with Gasteiger partial charge in [0.25, 0.3) is 5.82 Å². The molecule has 0 spiro atoms. The molecule has 4 aliphatic rings. The molecule has 1 aromatic heterocycles. The molecule has 4 nitrogen and oxygen atoms in total. The van der Waals surface area contributed by atoms with Crippen molar-refractivity contribution >= 4 is 5.90 Å². The van der Waals surface area contributed by atoms with Gasteiger partial charge in [0, 0.05) is 0 Å². The zero-order valence-corrected chi connectivity index (χ0v) is 14.5. The Labute approximate surface area is 139 Å². The monoisotopic (exact) mass is 315 g/mol. The molecule has 4 saturated carbocycles.